The normalized spacial score (nSPS) is 16.3. The highest BCUT2D eigenvalue weighted by molar-refractivity contribution is 5.89. The third-order valence-corrected chi connectivity index (χ3v) is 3.66. The maximum Gasteiger partial charge on any atom is 0.328 e. The number of carboxylic acids is 2. The quantitative estimate of drug-likeness (QED) is 0.337. The van der Waals surface area contributed by atoms with Crippen LogP contribution in [-0.2, 0) is 9.59 Å². The van der Waals surface area contributed by atoms with E-state index in [1.54, 1.807) is 5.01 Å². The number of carboxylic acid groups (broad SMARTS) is 2. The Hall–Kier alpha value is -2.22. The second-order valence-electron chi connectivity index (χ2n) is 5.75. The molecule has 7 heteroatoms. The van der Waals surface area contributed by atoms with Crippen molar-refractivity contribution < 1.29 is 24.9 Å². The first-order valence-corrected chi connectivity index (χ1v) is 7.69. The molecule has 1 aliphatic carbocycles. The van der Waals surface area contributed by atoms with Crippen LogP contribution >= 0.6 is 0 Å². The van der Waals surface area contributed by atoms with Crippen LogP contribution in [0, 0.1) is 5.92 Å². The lowest BCUT2D eigenvalue weighted by Crippen LogP contribution is -2.44. The largest absolute Gasteiger partial charge is 0.478 e. The number of hydrogen-bond acceptors (Lipinski definition) is 5. The zero-order valence-corrected chi connectivity index (χ0v) is 13.6. The first-order chi connectivity index (χ1) is 11.3. The van der Waals surface area contributed by atoms with Crippen LogP contribution < -0.4 is 5.84 Å². The van der Waals surface area contributed by atoms with Crippen molar-refractivity contribution in [3.05, 3.63) is 48.0 Å². The number of benzene rings is 1. The van der Waals surface area contributed by atoms with Gasteiger partial charge in [-0.05, 0) is 31.2 Å². The van der Waals surface area contributed by atoms with Gasteiger partial charge in [-0.1, -0.05) is 30.3 Å². The molecule has 0 amide bonds. The molecule has 1 aliphatic rings. The van der Waals surface area contributed by atoms with Crippen LogP contribution in [0.15, 0.2) is 42.5 Å². The topological polar surface area (TPSA) is 124 Å². The van der Waals surface area contributed by atoms with E-state index in [-0.39, 0.29) is 6.04 Å². The highest BCUT2D eigenvalue weighted by atomic mass is 16.4. The van der Waals surface area contributed by atoms with Gasteiger partial charge in [-0.2, -0.15) is 0 Å². The van der Waals surface area contributed by atoms with Gasteiger partial charge in [0.25, 0.3) is 0 Å². The lowest BCUT2D eigenvalue weighted by Gasteiger charge is -2.28. The third-order valence-electron chi connectivity index (χ3n) is 3.66. The zero-order chi connectivity index (χ0) is 18.1. The Morgan fingerprint density at radius 2 is 1.71 bits per heavy atom. The summed E-state index contributed by atoms with van der Waals surface area (Å²) >= 11 is 0. The van der Waals surface area contributed by atoms with Crippen molar-refractivity contribution in [2.45, 2.75) is 31.9 Å². The van der Waals surface area contributed by atoms with Gasteiger partial charge in [-0.3, -0.25) is 5.84 Å². The van der Waals surface area contributed by atoms with Crippen LogP contribution in [-0.4, -0.2) is 44.9 Å². The Morgan fingerprint density at radius 1 is 1.21 bits per heavy atom. The summed E-state index contributed by atoms with van der Waals surface area (Å²) in [7, 11) is 0. The van der Waals surface area contributed by atoms with E-state index in [0.717, 1.165) is 18.0 Å². The number of rotatable bonds is 7. The summed E-state index contributed by atoms with van der Waals surface area (Å²) in [4.78, 5) is 19.1. The minimum atomic E-state index is -1.26. The number of aliphatic hydroxyl groups is 1. The Labute approximate surface area is 141 Å². The maximum absolute atomic E-state index is 10.2. The van der Waals surface area contributed by atoms with Crippen molar-refractivity contribution in [2.75, 3.05) is 6.54 Å². The molecule has 24 heavy (non-hydrogen) atoms. The van der Waals surface area contributed by atoms with Crippen molar-refractivity contribution in [2.24, 2.45) is 11.8 Å². The van der Waals surface area contributed by atoms with Gasteiger partial charge in [0, 0.05) is 18.7 Å². The Kier molecular flexibility index (Phi) is 8.11. The number of carbonyl (C=O) groups is 2. The second kappa shape index (κ2) is 9.82. The summed E-state index contributed by atoms with van der Waals surface area (Å²) < 4.78 is 0. The molecule has 5 N–H and O–H groups in total. The van der Waals surface area contributed by atoms with Gasteiger partial charge in [0.15, 0.2) is 0 Å². The third kappa shape index (κ3) is 7.87. The van der Waals surface area contributed by atoms with Crippen molar-refractivity contribution in [3.8, 4) is 0 Å². The number of aliphatic carboxylic acids is 2. The van der Waals surface area contributed by atoms with E-state index in [0.29, 0.717) is 12.2 Å². The zero-order valence-electron chi connectivity index (χ0n) is 13.6. The fourth-order valence-electron chi connectivity index (χ4n) is 2.02. The highest BCUT2D eigenvalue weighted by Gasteiger charge is 2.28. The van der Waals surface area contributed by atoms with Crippen molar-refractivity contribution in [1.82, 2.24) is 5.01 Å². The van der Waals surface area contributed by atoms with Crippen LogP contribution in [0.4, 0.5) is 0 Å². The van der Waals surface area contributed by atoms with Crippen molar-refractivity contribution in [3.63, 3.8) is 0 Å². The number of hydrazine groups is 1. The van der Waals surface area contributed by atoms with Crippen molar-refractivity contribution in [1.29, 1.82) is 0 Å². The first kappa shape index (κ1) is 19.8. The summed E-state index contributed by atoms with van der Waals surface area (Å²) in [6, 6.07) is 9.66. The molecule has 0 radical (unpaired) electrons. The molecule has 1 saturated carbocycles. The lowest BCUT2D eigenvalue weighted by atomic mass is 10.0. The summed E-state index contributed by atoms with van der Waals surface area (Å²) in [5.74, 6) is 4.20. The average Bonchev–Trinajstić information content (AvgIpc) is 3.37. The molecule has 0 aliphatic heterocycles. The van der Waals surface area contributed by atoms with E-state index in [1.807, 2.05) is 37.3 Å². The second-order valence-corrected chi connectivity index (χ2v) is 5.75. The highest BCUT2D eigenvalue weighted by Crippen LogP contribution is 2.30. The molecule has 2 atom stereocenters. The molecule has 1 aromatic rings. The lowest BCUT2D eigenvalue weighted by molar-refractivity contribution is -0.134. The fraction of sp³-hybridized carbons (Fsp3) is 0.412. The maximum atomic E-state index is 10.2. The predicted octanol–water partition coefficient (Wildman–Crippen LogP) is 1.41. The van der Waals surface area contributed by atoms with Gasteiger partial charge in [-0.15, -0.1) is 0 Å². The summed E-state index contributed by atoms with van der Waals surface area (Å²) in [6.45, 7) is 2.87. The van der Waals surface area contributed by atoms with Crippen LogP contribution in [0.3, 0.4) is 0 Å². The summed E-state index contributed by atoms with van der Waals surface area (Å²) in [5, 5.41) is 27.6. The summed E-state index contributed by atoms with van der Waals surface area (Å²) in [6.07, 6.45) is 3.17. The van der Waals surface area contributed by atoms with Crippen LogP contribution in [0.5, 0.6) is 0 Å². The number of aliphatic hydroxyl groups excluding tert-OH is 1. The average molecular weight is 336 g/mol. The smallest absolute Gasteiger partial charge is 0.328 e. The van der Waals surface area contributed by atoms with Gasteiger partial charge >= 0.3 is 11.9 Å². The van der Waals surface area contributed by atoms with Crippen molar-refractivity contribution >= 4 is 11.9 Å². The molecule has 2 rings (SSSR count). The molecule has 1 unspecified atom stereocenters. The monoisotopic (exact) mass is 336 g/mol. The van der Waals surface area contributed by atoms with E-state index in [2.05, 4.69) is 0 Å². The molecule has 7 nitrogen and oxygen atoms in total. The minimum Gasteiger partial charge on any atom is -0.478 e. The molecule has 0 saturated heterocycles. The molecule has 1 fully saturated rings. The van der Waals surface area contributed by atoms with E-state index >= 15 is 0 Å². The molecule has 132 valence electrons. The Bertz CT molecular complexity index is 541. The standard InChI is InChI=1S/C13H20N2O.C4H4O4/c1-10(15(14)9-11-7-8-11)13(16)12-5-3-2-4-6-12;5-3(6)1-2-4(7)8/h2-6,10-11,13,16H,7-9,14H2,1H3;1-2H,(H,5,6)(H,7,8)/b;2-1+/t10-,13?;/m1./s1. The minimum absolute atomic E-state index is 0.0389. The Morgan fingerprint density at radius 3 is 2.12 bits per heavy atom. The van der Waals surface area contributed by atoms with Gasteiger partial charge in [0.1, 0.15) is 0 Å². The molecule has 0 bridgehead atoms. The van der Waals surface area contributed by atoms with Gasteiger partial charge < -0.3 is 15.3 Å². The Balaban J connectivity index is 0.000000307. The number of nitrogens with zero attached hydrogens (tertiary/aromatic N) is 1. The molecule has 0 aromatic heterocycles. The molecule has 0 spiro atoms. The number of hydrogen-bond donors (Lipinski definition) is 4. The van der Waals surface area contributed by atoms with E-state index in [9.17, 15) is 14.7 Å². The van der Waals surface area contributed by atoms with E-state index in [1.165, 1.54) is 12.8 Å². The van der Waals surface area contributed by atoms with Crippen LogP contribution in [0.25, 0.3) is 0 Å². The molecular formula is C17H24N2O5. The van der Waals surface area contributed by atoms with E-state index in [4.69, 9.17) is 16.1 Å². The fourth-order valence-corrected chi connectivity index (χ4v) is 2.02. The van der Waals surface area contributed by atoms with Gasteiger partial charge in [-0.25, -0.2) is 14.6 Å². The number of nitrogens with two attached hydrogens (primary N) is 1. The van der Waals surface area contributed by atoms with E-state index < -0.39 is 18.0 Å². The van der Waals surface area contributed by atoms with Crippen LogP contribution in [0.1, 0.15) is 31.4 Å². The van der Waals surface area contributed by atoms with Gasteiger partial charge in [0.05, 0.1) is 12.1 Å². The van der Waals surface area contributed by atoms with Crippen LogP contribution in [0.2, 0.25) is 0 Å². The SMILES string of the molecule is C[C@H](C(O)c1ccccc1)N(N)CC1CC1.O=C(O)/C=C/C(=O)O. The van der Waals surface area contributed by atoms with Gasteiger partial charge in [0.2, 0.25) is 0 Å². The molecule has 1 aromatic carbocycles. The predicted molar refractivity (Wildman–Crippen MR) is 88.9 cm³/mol. The summed E-state index contributed by atoms with van der Waals surface area (Å²) in [5.41, 5.74) is 0.932. The molecular weight excluding hydrogens is 312 g/mol. The first-order valence-electron chi connectivity index (χ1n) is 7.69. The molecule has 0 heterocycles.